The van der Waals surface area contributed by atoms with Gasteiger partial charge in [-0.05, 0) is 30.0 Å². The Kier molecular flexibility index (Phi) is 6.03. The standard InChI is InChI=1S/C20H23N3O4/c1-27-12-4-10-21-20(24)18-13-17(23(25)26)7-8-19(18)22-11-9-15-5-2-3-6-16(15)14-22/h2-3,5-8,13H,4,9-12,14H2,1H3,(H,21,24). The third-order valence-electron chi connectivity index (χ3n) is 4.72. The molecule has 0 spiro atoms. The number of carbonyl (C=O) groups excluding carboxylic acids is 1. The van der Waals surface area contributed by atoms with E-state index in [9.17, 15) is 14.9 Å². The maximum atomic E-state index is 12.7. The molecule has 7 nitrogen and oxygen atoms in total. The minimum atomic E-state index is -0.475. The highest BCUT2D eigenvalue weighted by atomic mass is 16.6. The Labute approximate surface area is 158 Å². The lowest BCUT2D eigenvalue weighted by atomic mass is 9.98. The number of nitrogens with zero attached hydrogens (tertiary/aromatic N) is 2. The van der Waals surface area contributed by atoms with E-state index in [1.165, 1.54) is 23.3 Å². The molecule has 0 fully saturated rings. The van der Waals surface area contributed by atoms with Crippen LogP contribution in [-0.4, -0.2) is 37.6 Å². The summed E-state index contributed by atoms with van der Waals surface area (Å²) in [6, 6.07) is 12.7. The minimum Gasteiger partial charge on any atom is -0.385 e. The molecular formula is C20H23N3O4. The Balaban J connectivity index is 1.86. The maximum Gasteiger partial charge on any atom is 0.270 e. The van der Waals surface area contributed by atoms with Gasteiger partial charge >= 0.3 is 0 Å². The zero-order valence-electron chi connectivity index (χ0n) is 15.3. The van der Waals surface area contributed by atoms with Crippen molar-refractivity contribution in [3.8, 4) is 0 Å². The van der Waals surface area contributed by atoms with Crippen molar-refractivity contribution in [3.05, 3.63) is 69.3 Å². The lowest BCUT2D eigenvalue weighted by Gasteiger charge is -2.32. The Morgan fingerprint density at radius 3 is 2.78 bits per heavy atom. The minimum absolute atomic E-state index is 0.0850. The fourth-order valence-electron chi connectivity index (χ4n) is 3.31. The molecule has 0 saturated carbocycles. The molecular weight excluding hydrogens is 346 g/mol. The predicted octanol–water partition coefficient (Wildman–Crippen LogP) is 2.92. The molecule has 1 amide bonds. The molecule has 0 unspecified atom stereocenters. The average Bonchev–Trinajstić information content (AvgIpc) is 2.70. The third-order valence-corrected chi connectivity index (χ3v) is 4.72. The SMILES string of the molecule is COCCCNC(=O)c1cc([N+](=O)[O-])ccc1N1CCc2ccccc2C1. The van der Waals surface area contributed by atoms with Crippen LogP contribution in [0.25, 0.3) is 0 Å². The first-order chi connectivity index (χ1) is 13.1. The summed E-state index contributed by atoms with van der Waals surface area (Å²) in [5.41, 5.74) is 3.49. The number of carbonyl (C=O) groups is 1. The highest BCUT2D eigenvalue weighted by molar-refractivity contribution is 6.00. The van der Waals surface area contributed by atoms with E-state index in [2.05, 4.69) is 22.3 Å². The number of anilines is 1. The molecule has 2 aromatic carbocycles. The van der Waals surface area contributed by atoms with Gasteiger partial charge in [0.05, 0.1) is 16.2 Å². The lowest BCUT2D eigenvalue weighted by Crippen LogP contribution is -2.33. The van der Waals surface area contributed by atoms with Gasteiger partial charge in [0.1, 0.15) is 0 Å². The number of nitrogens with one attached hydrogen (secondary N) is 1. The molecule has 1 N–H and O–H groups in total. The van der Waals surface area contributed by atoms with E-state index >= 15 is 0 Å². The Bertz CT molecular complexity index is 838. The predicted molar refractivity (Wildman–Crippen MR) is 103 cm³/mol. The number of nitro benzene ring substituents is 1. The van der Waals surface area contributed by atoms with Crippen molar-refractivity contribution in [2.75, 3.05) is 31.7 Å². The van der Waals surface area contributed by atoms with Crippen molar-refractivity contribution < 1.29 is 14.5 Å². The summed E-state index contributed by atoms with van der Waals surface area (Å²) in [7, 11) is 1.61. The lowest BCUT2D eigenvalue weighted by molar-refractivity contribution is -0.384. The zero-order chi connectivity index (χ0) is 19.2. The van der Waals surface area contributed by atoms with Gasteiger partial charge in [-0.2, -0.15) is 0 Å². The number of benzene rings is 2. The first-order valence-electron chi connectivity index (χ1n) is 8.97. The van der Waals surface area contributed by atoms with Crippen molar-refractivity contribution >= 4 is 17.3 Å². The average molecular weight is 369 g/mol. The van der Waals surface area contributed by atoms with Crippen LogP contribution in [0.5, 0.6) is 0 Å². The molecule has 1 aliphatic heterocycles. The number of amides is 1. The fourth-order valence-corrected chi connectivity index (χ4v) is 3.31. The largest absolute Gasteiger partial charge is 0.385 e. The second-order valence-electron chi connectivity index (χ2n) is 6.50. The molecule has 0 radical (unpaired) electrons. The quantitative estimate of drug-likeness (QED) is 0.461. The van der Waals surface area contributed by atoms with E-state index in [0.29, 0.717) is 31.7 Å². The van der Waals surface area contributed by atoms with Crippen LogP contribution in [0.3, 0.4) is 0 Å². The molecule has 0 bridgehead atoms. The van der Waals surface area contributed by atoms with Crippen LogP contribution < -0.4 is 10.2 Å². The number of methoxy groups -OCH3 is 1. The number of rotatable bonds is 7. The van der Waals surface area contributed by atoms with E-state index in [1.54, 1.807) is 13.2 Å². The van der Waals surface area contributed by atoms with Crippen molar-refractivity contribution in [2.24, 2.45) is 0 Å². The van der Waals surface area contributed by atoms with Gasteiger partial charge in [0.15, 0.2) is 0 Å². The Hall–Kier alpha value is -2.93. The summed E-state index contributed by atoms with van der Waals surface area (Å²) in [5.74, 6) is -0.302. The van der Waals surface area contributed by atoms with Gasteiger partial charge < -0.3 is 15.0 Å². The molecule has 3 rings (SSSR count). The van der Waals surface area contributed by atoms with Crippen molar-refractivity contribution in [2.45, 2.75) is 19.4 Å². The molecule has 2 aromatic rings. The van der Waals surface area contributed by atoms with E-state index in [4.69, 9.17) is 4.74 Å². The smallest absolute Gasteiger partial charge is 0.270 e. The van der Waals surface area contributed by atoms with Gasteiger partial charge in [0.2, 0.25) is 0 Å². The molecule has 0 saturated heterocycles. The van der Waals surface area contributed by atoms with E-state index < -0.39 is 4.92 Å². The number of fused-ring (bicyclic) bond motifs is 1. The van der Waals surface area contributed by atoms with Crippen molar-refractivity contribution in [1.82, 2.24) is 5.32 Å². The monoisotopic (exact) mass is 369 g/mol. The summed E-state index contributed by atoms with van der Waals surface area (Å²) >= 11 is 0. The number of nitro groups is 1. The van der Waals surface area contributed by atoms with Gasteiger partial charge in [-0.25, -0.2) is 0 Å². The van der Waals surface area contributed by atoms with Crippen molar-refractivity contribution in [3.63, 3.8) is 0 Å². The molecule has 1 heterocycles. The molecule has 1 aliphatic rings. The number of ether oxygens (including phenoxy) is 1. The molecule has 0 aromatic heterocycles. The summed E-state index contributed by atoms with van der Waals surface area (Å²) in [6.45, 7) is 2.44. The first-order valence-corrected chi connectivity index (χ1v) is 8.97. The van der Waals surface area contributed by atoms with Crippen LogP contribution in [0.15, 0.2) is 42.5 Å². The van der Waals surface area contributed by atoms with Gasteiger partial charge in [-0.1, -0.05) is 24.3 Å². The normalized spacial score (nSPS) is 13.1. The highest BCUT2D eigenvalue weighted by Gasteiger charge is 2.23. The second-order valence-corrected chi connectivity index (χ2v) is 6.50. The van der Waals surface area contributed by atoms with Crippen LogP contribution in [0.1, 0.15) is 27.9 Å². The highest BCUT2D eigenvalue weighted by Crippen LogP contribution is 2.30. The number of hydrogen-bond acceptors (Lipinski definition) is 5. The number of non-ortho nitro benzene ring substituents is 1. The van der Waals surface area contributed by atoms with Crippen molar-refractivity contribution in [1.29, 1.82) is 0 Å². The first kappa shape index (κ1) is 18.8. The van der Waals surface area contributed by atoms with Gasteiger partial charge in [-0.3, -0.25) is 14.9 Å². The van der Waals surface area contributed by atoms with Crippen LogP contribution in [0.2, 0.25) is 0 Å². The van der Waals surface area contributed by atoms with Gasteiger partial charge in [-0.15, -0.1) is 0 Å². The van der Waals surface area contributed by atoms with Gasteiger partial charge in [0.25, 0.3) is 11.6 Å². The fraction of sp³-hybridized carbons (Fsp3) is 0.350. The molecule has 0 atom stereocenters. The van der Waals surface area contributed by atoms with E-state index in [1.807, 2.05) is 12.1 Å². The Morgan fingerprint density at radius 1 is 1.26 bits per heavy atom. The summed E-state index contributed by atoms with van der Waals surface area (Å²) in [5, 5.41) is 14.0. The molecule has 27 heavy (non-hydrogen) atoms. The molecule has 7 heteroatoms. The van der Waals surface area contributed by atoms with E-state index in [-0.39, 0.29) is 11.6 Å². The molecule has 142 valence electrons. The van der Waals surface area contributed by atoms with E-state index in [0.717, 1.165) is 18.7 Å². The van der Waals surface area contributed by atoms with Gasteiger partial charge in [0, 0.05) is 45.5 Å². The second kappa shape index (κ2) is 8.64. The maximum absolute atomic E-state index is 12.7. The summed E-state index contributed by atoms with van der Waals surface area (Å²) in [4.78, 5) is 25.5. The zero-order valence-corrected chi connectivity index (χ0v) is 15.3. The third kappa shape index (κ3) is 4.43. The van der Waals surface area contributed by atoms with Crippen LogP contribution >= 0.6 is 0 Å². The summed E-state index contributed by atoms with van der Waals surface area (Å²) in [6.07, 6.45) is 1.56. The van der Waals surface area contributed by atoms with Crippen LogP contribution in [0, 0.1) is 10.1 Å². The molecule has 0 aliphatic carbocycles. The van der Waals surface area contributed by atoms with Crippen LogP contribution in [-0.2, 0) is 17.7 Å². The Morgan fingerprint density at radius 2 is 2.04 bits per heavy atom. The topological polar surface area (TPSA) is 84.7 Å². The summed E-state index contributed by atoms with van der Waals surface area (Å²) < 4.78 is 4.98. The number of hydrogen-bond donors (Lipinski definition) is 1. The van der Waals surface area contributed by atoms with Crippen LogP contribution in [0.4, 0.5) is 11.4 Å².